The molecule has 0 bridgehead atoms. The van der Waals surface area contributed by atoms with Crippen molar-refractivity contribution in [2.45, 2.75) is 13.5 Å². The number of methoxy groups -OCH3 is 1. The number of rotatable bonds is 4. The lowest BCUT2D eigenvalue weighted by Crippen LogP contribution is -1.96. The standard InChI is InChI=1S/C13H16N2O2/c1-10-14-11(8-15(10)2)9-17-13-6-4-5-12(7-13)16-3/h4-8H,9H2,1-3H3. The average Bonchev–Trinajstić information content (AvgIpc) is 2.67. The van der Waals surface area contributed by atoms with Gasteiger partial charge in [-0.3, -0.25) is 0 Å². The molecule has 0 saturated carbocycles. The van der Waals surface area contributed by atoms with Crippen LogP contribution in [0.2, 0.25) is 0 Å². The lowest BCUT2D eigenvalue weighted by Gasteiger charge is -2.05. The molecule has 0 aliphatic rings. The van der Waals surface area contributed by atoms with E-state index in [0.717, 1.165) is 23.0 Å². The highest BCUT2D eigenvalue weighted by Crippen LogP contribution is 2.19. The predicted molar refractivity (Wildman–Crippen MR) is 65.3 cm³/mol. The van der Waals surface area contributed by atoms with Crippen LogP contribution in [0.1, 0.15) is 11.5 Å². The highest BCUT2D eigenvalue weighted by atomic mass is 16.5. The van der Waals surface area contributed by atoms with Gasteiger partial charge in [0.25, 0.3) is 0 Å². The highest BCUT2D eigenvalue weighted by Gasteiger charge is 2.02. The molecule has 4 heteroatoms. The molecule has 0 fully saturated rings. The van der Waals surface area contributed by atoms with Crippen LogP contribution in [-0.4, -0.2) is 16.7 Å². The topological polar surface area (TPSA) is 36.3 Å². The zero-order valence-corrected chi connectivity index (χ0v) is 10.3. The van der Waals surface area contributed by atoms with Gasteiger partial charge in [-0.15, -0.1) is 0 Å². The summed E-state index contributed by atoms with van der Waals surface area (Å²) in [5.41, 5.74) is 0.924. The smallest absolute Gasteiger partial charge is 0.132 e. The summed E-state index contributed by atoms with van der Waals surface area (Å²) in [5, 5.41) is 0. The van der Waals surface area contributed by atoms with Gasteiger partial charge in [0, 0.05) is 19.3 Å². The molecule has 17 heavy (non-hydrogen) atoms. The van der Waals surface area contributed by atoms with E-state index in [1.54, 1.807) is 7.11 Å². The Balaban J connectivity index is 2.01. The van der Waals surface area contributed by atoms with Gasteiger partial charge in [-0.2, -0.15) is 0 Å². The van der Waals surface area contributed by atoms with Crippen LogP contribution in [0.25, 0.3) is 0 Å². The van der Waals surface area contributed by atoms with E-state index < -0.39 is 0 Å². The zero-order valence-electron chi connectivity index (χ0n) is 10.3. The van der Waals surface area contributed by atoms with Crippen molar-refractivity contribution < 1.29 is 9.47 Å². The molecule has 4 nitrogen and oxygen atoms in total. The van der Waals surface area contributed by atoms with Crippen molar-refractivity contribution in [1.82, 2.24) is 9.55 Å². The number of nitrogens with zero attached hydrogens (tertiary/aromatic N) is 2. The van der Waals surface area contributed by atoms with E-state index in [-0.39, 0.29) is 0 Å². The first-order valence-corrected chi connectivity index (χ1v) is 5.45. The summed E-state index contributed by atoms with van der Waals surface area (Å²) in [6.45, 7) is 2.43. The van der Waals surface area contributed by atoms with Gasteiger partial charge in [-0.25, -0.2) is 4.98 Å². The van der Waals surface area contributed by atoms with E-state index in [1.165, 1.54) is 0 Å². The van der Waals surface area contributed by atoms with Crippen molar-refractivity contribution in [3.05, 3.63) is 42.0 Å². The number of aryl methyl sites for hydroxylation is 2. The van der Waals surface area contributed by atoms with Gasteiger partial charge in [0.05, 0.1) is 12.8 Å². The van der Waals surface area contributed by atoms with Crippen molar-refractivity contribution in [2.24, 2.45) is 7.05 Å². The third kappa shape index (κ3) is 2.78. The van der Waals surface area contributed by atoms with Crippen LogP contribution in [-0.2, 0) is 13.7 Å². The second kappa shape index (κ2) is 4.91. The fourth-order valence-corrected chi connectivity index (χ4v) is 1.55. The van der Waals surface area contributed by atoms with Crippen LogP contribution in [0.3, 0.4) is 0 Å². The molecule has 0 N–H and O–H groups in total. The largest absolute Gasteiger partial charge is 0.497 e. The molecule has 1 aromatic heterocycles. The summed E-state index contributed by atoms with van der Waals surface area (Å²) < 4.78 is 12.8. The number of aromatic nitrogens is 2. The van der Waals surface area contributed by atoms with Crippen LogP contribution in [0, 0.1) is 6.92 Å². The van der Waals surface area contributed by atoms with Crippen molar-refractivity contribution in [1.29, 1.82) is 0 Å². The van der Waals surface area contributed by atoms with E-state index in [1.807, 2.05) is 49.0 Å². The van der Waals surface area contributed by atoms with Gasteiger partial charge in [-0.1, -0.05) is 6.07 Å². The Morgan fingerprint density at radius 1 is 1.29 bits per heavy atom. The molecule has 0 unspecified atom stereocenters. The number of ether oxygens (including phenoxy) is 2. The van der Waals surface area contributed by atoms with E-state index in [9.17, 15) is 0 Å². The molecular formula is C13H16N2O2. The van der Waals surface area contributed by atoms with Crippen LogP contribution in [0.15, 0.2) is 30.5 Å². The Hall–Kier alpha value is -1.97. The molecule has 0 atom stereocenters. The Bertz CT molecular complexity index is 486. The Labute approximate surface area is 101 Å². The fourth-order valence-electron chi connectivity index (χ4n) is 1.55. The lowest BCUT2D eigenvalue weighted by molar-refractivity contribution is 0.299. The zero-order chi connectivity index (χ0) is 12.3. The van der Waals surface area contributed by atoms with Gasteiger partial charge >= 0.3 is 0 Å². The molecule has 2 aromatic rings. The Morgan fingerprint density at radius 3 is 2.71 bits per heavy atom. The Morgan fingerprint density at radius 2 is 2.06 bits per heavy atom. The number of imidazole rings is 1. The number of hydrogen-bond donors (Lipinski definition) is 0. The molecule has 0 aliphatic heterocycles. The highest BCUT2D eigenvalue weighted by molar-refractivity contribution is 5.32. The predicted octanol–water partition coefficient (Wildman–Crippen LogP) is 2.32. The second-order valence-corrected chi connectivity index (χ2v) is 3.86. The van der Waals surface area contributed by atoms with Crippen LogP contribution in [0.4, 0.5) is 0 Å². The first kappa shape index (κ1) is 11.5. The average molecular weight is 232 g/mol. The number of benzene rings is 1. The molecule has 2 rings (SSSR count). The van der Waals surface area contributed by atoms with E-state index >= 15 is 0 Å². The summed E-state index contributed by atoms with van der Waals surface area (Å²) in [4.78, 5) is 4.37. The van der Waals surface area contributed by atoms with Gasteiger partial charge in [0.2, 0.25) is 0 Å². The maximum Gasteiger partial charge on any atom is 0.132 e. The quantitative estimate of drug-likeness (QED) is 0.811. The SMILES string of the molecule is COc1cccc(OCc2cn(C)c(C)n2)c1. The summed E-state index contributed by atoms with van der Waals surface area (Å²) in [6, 6.07) is 7.55. The first-order chi connectivity index (χ1) is 8.19. The normalized spacial score (nSPS) is 10.3. The first-order valence-electron chi connectivity index (χ1n) is 5.45. The third-order valence-electron chi connectivity index (χ3n) is 2.59. The van der Waals surface area contributed by atoms with E-state index in [4.69, 9.17) is 9.47 Å². The monoisotopic (exact) mass is 232 g/mol. The lowest BCUT2D eigenvalue weighted by atomic mass is 10.3. The molecular weight excluding hydrogens is 216 g/mol. The summed E-state index contributed by atoms with van der Waals surface area (Å²) in [6.07, 6.45) is 1.97. The molecule has 0 amide bonds. The maximum absolute atomic E-state index is 5.65. The van der Waals surface area contributed by atoms with Crippen molar-refractivity contribution in [3.63, 3.8) is 0 Å². The van der Waals surface area contributed by atoms with Crippen LogP contribution < -0.4 is 9.47 Å². The molecule has 90 valence electrons. The molecule has 0 spiro atoms. The molecule has 0 aliphatic carbocycles. The van der Waals surface area contributed by atoms with E-state index in [0.29, 0.717) is 6.61 Å². The van der Waals surface area contributed by atoms with Crippen LogP contribution in [0.5, 0.6) is 11.5 Å². The molecule has 1 aromatic carbocycles. The van der Waals surface area contributed by atoms with Gasteiger partial charge in [-0.05, 0) is 19.1 Å². The van der Waals surface area contributed by atoms with Crippen molar-refractivity contribution in [2.75, 3.05) is 7.11 Å². The van der Waals surface area contributed by atoms with Gasteiger partial charge in [0.1, 0.15) is 23.9 Å². The molecule has 0 saturated heterocycles. The van der Waals surface area contributed by atoms with Crippen LogP contribution >= 0.6 is 0 Å². The minimum absolute atomic E-state index is 0.467. The second-order valence-electron chi connectivity index (χ2n) is 3.86. The molecule has 0 radical (unpaired) electrons. The minimum Gasteiger partial charge on any atom is -0.497 e. The molecule has 1 heterocycles. The minimum atomic E-state index is 0.467. The summed E-state index contributed by atoms with van der Waals surface area (Å²) in [5.74, 6) is 2.56. The number of hydrogen-bond acceptors (Lipinski definition) is 3. The third-order valence-corrected chi connectivity index (χ3v) is 2.59. The van der Waals surface area contributed by atoms with E-state index in [2.05, 4.69) is 4.98 Å². The fraction of sp³-hybridized carbons (Fsp3) is 0.308. The summed E-state index contributed by atoms with van der Waals surface area (Å²) in [7, 11) is 3.61. The maximum atomic E-state index is 5.65. The summed E-state index contributed by atoms with van der Waals surface area (Å²) >= 11 is 0. The van der Waals surface area contributed by atoms with Crippen molar-refractivity contribution >= 4 is 0 Å². The van der Waals surface area contributed by atoms with Crippen molar-refractivity contribution in [3.8, 4) is 11.5 Å². The van der Waals surface area contributed by atoms with Gasteiger partial charge < -0.3 is 14.0 Å². The van der Waals surface area contributed by atoms with Gasteiger partial charge in [0.15, 0.2) is 0 Å². The Kier molecular flexibility index (Phi) is 3.32.